The Morgan fingerprint density at radius 2 is 1.85 bits per heavy atom. The van der Waals surface area contributed by atoms with Gasteiger partial charge in [-0.2, -0.15) is 0 Å². The predicted molar refractivity (Wildman–Crippen MR) is 82.3 cm³/mol. The SMILES string of the molecule is Cc1c(Cl)cccc1OCc1ccc2ccccc2n1. The van der Waals surface area contributed by atoms with Crippen LogP contribution >= 0.6 is 11.6 Å². The van der Waals surface area contributed by atoms with E-state index in [0.29, 0.717) is 11.6 Å². The van der Waals surface area contributed by atoms with Crippen molar-refractivity contribution in [3.05, 3.63) is 70.9 Å². The van der Waals surface area contributed by atoms with Crippen molar-refractivity contribution in [3.63, 3.8) is 0 Å². The second-order valence-corrected chi connectivity index (χ2v) is 5.05. The highest BCUT2D eigenvalue weighted by Gasteiger charge is 2.04. The lowest BCUT2D eigenvalue weighted by molar-refractivity contribution is 0.300. The maximum atomic E-state index is 6.08. The van der Waals surface area contributed by atoms with Crippen molar-refractivity contribution in [1.82, 2.24) is 4.98 Å². The molecule has 0 unspecified atom stereocenters. The molecule has 0 aliphatic rings. The van der Waals surface area contributed by atoms with Crippen molar-refractivity contribution >= 4 is 22.5 Å². The van der Waals surface area contributed by atoms with Crippen LogP contribution in [-0.2, 0) is 6.61 Å². The number of rotatable bonds is 3. The number of aromatic nitrogens is 1. The van der Waals surface area contributed by atoms with Crippen LogP contribution < -0.4 is 4.74 Å². The summed E-state index contributed by atoms with van der Waals surface area (Å²) in [5.74, 6) is 0.799. The third kappa shape index (κ3) is 2.61. The molecule has 100 valence electrons. The Hall–Kier alpha value is -2.06. The number of benzene rings is 2. The predicted octanol–water partition coefficient (Wildman–Crippen LogP) is 4.78. The van der Waals surface area contributed by atoms with Crippen LogP contribution in [0.4, 0.5) is 0 Å². The highest BCUT2D eigenvalue weighted by Crippen LogP contribution is 2.25. The molecule has 0 saturated carbocycles. The summed E-state index contributed by atoms with van der Waals surface area (Å²) in [5.41, 5.74) is 2.84. The molecule has 0 spiro atoms. The van der Waals surface area contributed by atoms with E-state index < -0.39 is 0 Å². The zero-order valence-electron chi connectivity index (χ0n) is 11.1. The van der Waals surface area contributed by atoms with Crippen molar-refractivity contribution in [1.29, 1.82) is 0 Å². The first-order valence-electron chi connectivity index (χ1n) is 6.46. The number of fused-ring (bicyclic) bond motifs is 1. The zero-order chi connectivity index (χ0) is 13.9. The van der Waals surface area contributed by atoms with Gasteiger partial charge in [0.15, 0.2) is 0 Å². The fraction of sp³-hybridized carbons (Fsp3) is 0.118. The van der Waals surface area contributed by atoms with E-state index in [2.05, 4.69) is 11.1 Å². The van der Waals surface area contributed by atoms with E-state index in [1.807, 2.05) is 55.5 Å². The summed E-state index contributed by atoms with van der Waals surface area (Å²) in [4.78, 5) is 4.58. The van der Waals surface area contributed by atoms with Gasteiger partial charge in [-0.3, -0.25) is 0 Å². The summed E-state index contributed by atoms with van der Waals surface area (Å²) < 4.78 is 5.81. The topological polar surface area (TPSA) is 22.1 Å². The number of para-hydroxylation sites is 1. The summed E-state index contributed by atoms with van der Waals surface area (Å²) >= 11 is 6.08. The van der Waals surface area contributed by atoms with Crippen LogP contribution in [0.1, 0.15) is 11.3 Å². The van der Waals surface area contributed by atoms with Crippen LogP contribution in [0.3, 0.4) is 0 Å². The molecule has 20 heavy (non-hydrogen) atoms. The largest absolute Gasteiger partial charge is 0.487 e. The Kier molecular flexibility index (Phi) is 3.57. The summed E-state index contributed by atoms with van der Waals surface area (Å²) in [6.45, 7) is 2.39. The molecule has 2 aromatic carbocycles. The third-order valence-corrected chi connectivity index (χ3v) is 3.66. The van der Waals surface area contributed by atoms with E-state index in [4.69, 9.17) is 16.3 Å². The van der Waals surface area contributed by atoms with Gasteiger partial charge in [0.2, 0.25) is 0 Å². The molecule has 0 aliphatic heterocycles. The van der Waals surface area contributed by atoms with E-state index in [0.717, 1.165) is 27.9 Å². The van der Waals surface area contributed by atoms with Gasteiger partial charge in [-0.1, -0.05) is 41.9 Å². The normalized spacial score (nSPS) is 10.7. The number of hydrogen-bond acceptors (Lipinski definition) is 2. The average molecular weight is 284 g/mol. The van der Waals surface area contributed by atoms with Gasteiger partial charge in [-0.05, 0) is 31.2 Å². The Morgan fingerprint density at radius 1 is 1.00 bits per heavy atom. The van der Waals surface area contributed by atoms with Gasteiger partial charge in [0.1, 0.15) is 12.4 Å². The molecule has 0 amide bonds. The summed E-state index contributed by atoms with van der Waals surface area (Å²) in [6, 6.07) is 17.8. The Labute approximate surface area is 123 Å². The van der Waals surface area contributed by atoms with E-state index in [1.165, 1.54) is 0 Å². The fourth-order valence-corrected chi connectivity index (χ4v) is 2.25. The molecule has 0 N–H and O–H groups in total. The molecule has 2 nitrogen and oxygen atoms in total. The van der Waals surface area contributed by atoms with E-state index in [-0.39, 0.29) is 0 Å². The minimum absolute atomic E-state index is 0.437. The molecule has 1 heterocycles. The maximum Gasteiger partial charge on any atom is 0.130 e. The molecule has 3 heteroatoms. The third-order valence-electron chi connectivity index (χ3n) is 3.25. The second kappa shape index (κ2) is 5.51. The maximum absolute atomic E-state index is 6.08. The molecule has 1 aromatic heterocycles. The summed E-state index contributed by atoms with van der Waals surface area (Å²) in [6.07, 6.45) is 0. The molecule has 0 atom stereocenters. The van der Waals surface area contributed by atoms with Crippen LogP contribution in [-0.4, -0.2) is 4.98 Å². The van der Waals surface area contributed by atoms with Crippen LogP contribution in [0.15, 0.2) is 54.6 Å². The standard InChI is InChI=1S/C17H14ClNO/c1-12-15(18)6-4-8-17(12)20-11-14-10-9-13-5-2-3-7-16(13)19-14/h2-10H,11H2,1H3. The van der Waals surface area contributed by atoms with Gasteiger partial charge in [-0.25, -0.2) is 4.98 Å². The van der Waals surface area contributed by atoms with E-state index in [1.54, 1.807) is 0 Å². The van der Waals surface area contributed by atoms with Crippen LogP contribution in [0.5, 0.6) is 5.75 Å². The van der Waals surface area contributed by atoms with Gasteiger partial charge in [0, 0.05) is 16.0 Å². The quantitative estimate of drug-likeness (QED) is 0.690. The van der Waals surface area contributed by atoms with Gasteiger partial charge < -0.3 is 4.74 Å². The van der Waals surface area contributed by atoms with E-state index >= 15 is 0 Å². The summed E-state index contributed by atoms with van der Waals surface area (Å²) in [7, 11) is 0. The van der Waals surface area contributed by atoms with Gasteiger partial charge >= 0.3 is 0 Å². The zero-order valence-corrected chi connectivity index (χ0v) is 11.9. The minimum Gasteiger partial charge on any atom is -0.487 e. The first kappa shape index (κ1) is 12.9. The van der Waals surface area contributed by atoms with Crippen LogP contribution in [0.25, 0.3) is 10.9 Å². The number of nitrogens with zero attached hydrogens (tertiary/aromatic N) is 1. The highest BCUT2D eigenvalue weighted by atomic mass is 35.5. The van der Waals surface area contributed by atoms with Gasteiger partial charge in [0.05, 0.1) is 11.2 Å². The summed E-state index contributed by atoms with van der Waals surface area (Å²) in [5, 5.41) is 1.85. The Balaban J connectivity index is 1.81. The number of hydrogen-bond donors (Lipinski definition) is 0. The molecule has 0 fully saturated rings. The Morgan fingerprint density at radius 3 is 2.75 bits per heavy atom. The molecule has 0 radical (unpaired) electrons. The minimum atomic E-state index is 0.437. The number of halogens is 1. The fourth-order valence-electron chi connectivity index (χ4n) is 2.08. The van der Waals surface area contributed by atoms with Crippen LogP contribution in [0, 0.1) is 6.92 Å². The molecule has 0 saturated heterocycles. The van der Waals surface area contributed by atoms with Crippen molar-refractivity contribution in [2.45, 2.75) is 13.5 Å². The van der Waals surface area contributed by atoms with Crippen molar-refractivity contribution < 1.29 is 4.74 Å². The second-order valence-electron chi connectivity index (χ2n) is 4.65. The first-order valence-corrected chi connectivity index (χ1v) is 6.84. The monoisotopic (exact) mass is 283 g/mol. The van der Waals surface area contributed by atoms with Crippen molar-refractivity contribution in [3.8, 4) is 5.75 Å². The molecule has 3 aromatic rings. The molecule has 3 rings (SSSR count). The van der Waals surface area contributed by atoms with Crippen LogP contribution in [0.2, 0.25) is 5.02 Å². The van der Waals surface area contributed by atoms with Crippen molar-refractivity contribution in [2.75, 3.05) is 0 Å². The number of pyridine rings is 1. The Bertz CT molecular complexity index is 755. The van der Waals surface area contributed by atoms with E-state index in [9.17, 15) is 0 Å². The van der Waals surface area contributed by atoms with Gasteiger partial charge in [-0.15, -0.1) is 0 Å². The lowest BCUT2D eigenvalue weighted by atomic mass is 10.2. The average Bonchev–Trinajstić information content (AvgIpc) is 2.48. The lowest BCUT2D eigenvalue weighted by Crippen LogP contribution is -1.99. The number of ether oxygens (including phenoxy) is 1. The molecule has 0 aliphatic carbocycles. The van der Waals surface area contributed by atoms with Gasteiger partial charge in [0.25, 0.3) is 0 Å². The lowest BCUT2D eigenvalue weighted by Gasteiger charge is -2.10. The molecular formula is C17H14ClNO. The van der Waals surface area contributed by atoms with Crippen molar-refractivity contribution in [2.24, 2.45) is 0 Å². The molecule has 0 bridgehead atoms. The first-order chi connectivity index (χ1) is 9.74. The molecular weight excluding hydrogens is 270 g/mol. The highest BCUT2D eigenvalue weighted by molar-refractivity contribution is 6.31. The smallest absolute Gasteiger partial charge is 0.130 e.